The van der Waals surface area contributed by atoms with E-state index < -0.39 is 17.9 Å². The monoisotopic (exact) mass is 418 g/mol. The second-order valence-electron chi connectivity index (χ2n) is 4.06. The highest BCUT2D eigenvalue weighted by atomic mass is 79.9. The number of carbonyl (C=O) groups is 3. The van der Waals surface area contributed by atoms with Crippen LogP contribution in [-0.4, -0.2) is 23.0 Å². The van der Waals surface area contributed by atoms with E-state index in [1.807, 2.05) is 0 Å². The second-order valence-corrected chi connectivity index (χ2v) is 5.77. The number of hydrogen-bond acceptors (Lipinski definition) is 3. The van der Waals surface area contributed by atoms with Crippen molar-refractivity contribution in [2.75, 3.05) is 5.32 Å². The molecule has 0 saturated carbocycles. The molecule has 0 unspecified atom stereocenters. The molecule has 112 valence electrons. The predicted octanol–water partition coefficient (Wildman–Crippen LogP) is 3.28. The van der Waals surface area contributed by atoms with Gasteiger partial charge in [0.15, 0.2) is 0 Å². The first-order valence-corrected chi connectivity index (χ1v) is 7.29. The van der Waals surface area contributed by atoms with Crippen molar-refractivity contribution in [3.8, 4) is 0 Å². The van der Waals surface area contributed by atoms with Crippen LogP contribution >= 0.6 is 31.9 Å². The van der Waals surface area contributed by atoms with Crippen molar-refractivity contribution in [1.29, 1.82) is 0 Å². The molecule has 0 saturated heterocycles. The van der Waals surface area contributed by atoms with Crippen LogP contribution in [0.5, 0.6) is 0 Å². The largest absolute Gasteiger partial charge is 0.478 e. The van der Waals surface area contributed by atoms with E-state index in [9.17, 15) is 14.4 Å². The van der Waals surface area contributed by atoms with Crippen LogP contribution < -0.4 is 10.6 Å². The molecule has 3 N–H and O–H groups in total. The van der Waals surface area contributed by atoms with Crippen LogP contribution in [0.3, 0.4) is 0 Å². The molecule has 3 amide bonds. The Morgan fingerprint density at radius 2 is 1.57 bits per heavy atom. The zero-order valence-electron chi connectivity index (χ0n) is 11.2. The summed E-state index contributed by atoms with van der Waals surface area (Å²) in [5, 5.41) is 13.4. The fraction of sp³-hybridized carbons (Fsp3) is 0.154. The number of aliphatic carboxylic acids is 1. The van der Waals surface area contributed by atoms with Gasteiger partial charge in [0.1, 0.15) is 0 Å². The number of carboxylic acids is 1. The Balaban J connectivity index is 2.82. The molecule has 0 spiro atoms. The van der Waals surface area contributed by atoms with Gasteiger partial charge in [-0.1, -0.05) is 6.07 Å². The van der Waals surface area contributed by atoms with Gasteiger partial charge < -0.3 is 10.4 Å². The second kappa shape index (κ2) is 7.37. The molecule has 0 fully saturated rings. The number of benzene rings is 1. The van der Waals surface area contributed by atoms with Crippen LogP contribution in [0.4, 0.5) is 10.5 Å². The van der Waals surface area contributed by atoms with E-state index >= 15 is 0 Å². The van der Waals surface area contributed by atoms with E-state index in [1.165, 1.54) is 13.8 Å². The first kappa shape index (κ1) is 17.4. The summed E-state index contributed by atoms with van der Waals surface area (Å²) in [4.78, 5) is 34.3. The van der Waals surface area contributed by atoms with E-state index in [4.69, 9.17) is 5.11 Å². The van der Waals surface area contributed by atoms with E-state index in [0.29, 0.717) is 14.6 Å². The summed E-state index contributed by atoms with van der Waals surface area (Å²) in [6.45, 7) is 2.62. The number of anilines is 1. The van der Waals surface area contributed by atoms with Crippen LogP contribution in [-0.2, 0) is 9.59 Å². The zero-order chi connectivity index (χ0) is 16.2. The van der Waals surface area contributed by atoms with Gasteiger partial charge in [-0.15, -0.1) is 0 Å². The maximum absolute atomic E-state index is 11.8. The average Bonchev–Trinajstić information content (AvgIpc) is 2.41. The molecule has 1 rings (SSSR count). The highest BCUT2D eigenvalue weighted by Crippen LogP contribution is 2.30. The number of imide groups is 1. The molecule has 0 heterocycles. The van der Waals surface area contributed by atoms with E-state index in [2.05, 4.69) is 42.5 Å². The Morgan fingerprint density at radius 1 is 1.05 bits per heavy atom. The molecule has 8 heteroatoms. The maximum atomic E-state index is 11.8. The molecule has 1 aromatic carbocycles. The smallest absolute Gasteiger partial charge is 0.331 e. The fourth-order valence-electron chi connectivity index (χ4n) is 1.29. The molecule has 0 aliphatic rings. The molecular formula is C13H12Br2N2O4. The van der Waals surface area contributed by atoms with Gasteiger partial charge in [0, 0.05) is 20.1 Å². The Bertz CT molecular complexity index is 621. The van der Waals surface area contributed by atoms with Crippen LogP contribution in [0.15, 0.2) is 38.3 Å². The highest BCUT2D eigenvalue weighted by molar-refractivity contribution is 9.11. The molecule has 0 aromatic heterocycles. The average molecular weight is 420 g/mol. The number of rotatable bonds is 3. The quantitative estimate of drug-likeness (QED) is 0.655. The minimum Gasteiger partial charge on any atom is -0.478 e. The molecule has 0 atom stereocenters. The van der Waals surface area contributed by atoms with Gasteiger partial charge in [0.2, 0.25) is 0 Å². The molecule has 0 bridgehead atoms. The van der Waals surface area contributed by atoms with E-state index in [-0.39, 0.29) is 11.1 Å². The Morgan fingerprint density at radius 3 is 2.05 bits per heavy atom. The zero-order valence-corrected chi connectivity index (χ0v) is 14.3. The molecule has 0 radical (unpaired) electrons. The molecule has 21 heavy (non-hydrogen) atoms. The van der Waals surface area contributed by atoms with Crippen LogP contribution in [0.1, 0.15) is 13.8 Å². The number of carbonyl (C=O) groups excluding carboxylic acids is 2. The Hall–Kier alpha value is -1.67. The third-order valence-corrected chi connectivity index (χ3v) is 3.97. The summed E-state index contributed by atoms with van der Waals surface area (Å²) < 4.78 is 1.27. The van der Waals surface area contributed by atoms with Crippen molar-refractivity contribution in [2.45, 2.75) is 13.8 Å². The topological polar surface area (TPSA) is 95.5 Å². The minimum absolute atomic E-state index is 0.0381. The maximum Gasteiger partial charge on any atom is 0.331 e. The van der Waals surface area contributed by atoms with Crippen LogP contribution in [0.2, 0.25) is 0 Å². The van der Waals surface area contributed by atoms with Gasteiger partial charge in [-0.3, -0.25) is 10.1 Å². The molecule has 0 aliphatic carbocycles. The van der Waals surface area contributed by atoms with Gasteiger partial charge in [0.25, 0.3) is 5.91 Å². The molecule has 1 aromatic rings. The van der Waals surface area contributed by atoms with E-state index in [1.54, 1.807) is 18.2 Å². The van der Waals surface area contributed by atoms with E-state index in [0.717, 1.165) is 0 Å². The van der Waals surface area contributed by atoms with Gasteiger partial charge in [-0.2, -0.15) is 0 Å². The lowest BCUT2D eigenvalue weighted by molar-refractivity contribution is -0.133. The SMILES string of the molecule is C/C(C(=O)O)=C(/C)C(=O)NC(=O)Nc1c(Br)cccc1Br. The van der Waals surface area contributed by atoms with Crippen LogP contribution in [0.25, 0.3) is 0 Å². The summed E-state index contributed by atoms with van der Waals surface area (Å²) >= 11 is 6.54. The summed E-state index contributed by atoms with van der Waals surface area (Å²) in [5.41, 5.74) is 0.297. The third kappa shape index (κ3) is 4.68. The van der Waals surface area contributed by atoms with Crippen molar-refractivity contribution in [1.82, 2.24) is 5.32 Å². The summed E-state index contributed by atoms with van der Waals surface area (Å²) in [5.74, 6) is -1.98. The predicted molar refractivity (Wildman–Crippen MR) is 85.0 cm³/mol. The van der Waals surface area contributed by atoms with Gasteiger partial charge in [-0.25, -0.2) is 9.59 Å². The fourth-order valence-corrected chi connectivity index (χ4v) is 2.49. The standard InChI is InChI=1S/C13H12Br2N2O4/c1-6(7(2)12(19)20)11(18)17-13(21)16-10-8(14)4-3-5-9(10)15/h3-5H,1-2H3,(H,19,20)(H2,16,17,18,21)/b7-6+. The minimum atomic E-state index is -1.21. The highest BCUT2D eigenvalue weighted by Gasteiger charge is 2.16. The number of urea groups is 1. The lowest BCUT2D eigenvalue weighted by Crippen LogP contribution is -2.35. The van der Waals surface area contributed by atoms with Gasteiger partial charge >= 0.3 is 12.0 Å². The van der Waals surface area contributed by atoms with Crippen molar-refractivity contribution >= 4 is 55.5 Å². The van der Waals surface area contributed by atoms with Gasteiger partial charge in [-0.05, 0) is 57.8 Å². The molecule has 6 nitrogen and oxygen atoms in total. The lowest BCUT2D eigenvalue weighted by atomic mass is 10.1. The number of nitrogens with one attached hydrogen (secondary N) is 2. The lowest BCUT2D eigenvalue weighted by Gasteiger charge is -2.10. The van der Waals surface area contributed by atoms with Crippen molar-refractivity contribution < 1.29 is 19.5 Å². The Kier molecular flexibility index (Phi) is 6.10. The van der Waals surface area contributed by atoms with Crippen molar-refractivity contribution in [2.24, 2.45) is 0 Å². The number of para-hydroxylation sites is 1. The van der Waals surface area contributed by atoms with Crippen molar-refractivity contribution in [3.05, 3.63) is 38.3 Å². The number of amides is 3. The number of halogens is 2. The Labute approximate surface area is 137 Å². The number of carboxylic acid groups (broad SMARTS) is 1. The first-order chi connectivity index (χ1) is 9.73. The van der Waals surface area contributed by atoms with Crippen LogP contribution in [0, 0.1) is 0 Å². The third-order valence-electron chi connectivity index (χ3n) is 2.65. The normalized spacial score (nSPS) is 11.4. The summed E-state index contributed by atoms with van der Waals surface area (Å²) in [6.07, 6.45) is 0. The summed E-state index contributed by atoms with van der Waals surface area (Å²) in [6, 6.07) is 4.46. The molecular weight excluding hydrogens is 408 g/mol. The van der Waals surface area contributed by atoms with Crippen molar-refractivity contribution in [3.63, 3.8) is 0 Å². The number of hydrogen-bond donors (Lipinski definition) is 3. The summed E-state index contributed by atoms with van der Waals surface area (Å²) in [7, 11) is 0. The first-order valence-electron chi connectivity index (χ1n) is 5.71. The molecule has 0 aliphatic heterocycles. The van der Waals surface area contributed by atoms with Gasteiger partial charge in [0.05, 0.1) is 5.69 Å².